The van der Waals surface area contributed by atoms with E-state index in [1.807, 2.05) is 0 Å². The first-order chi connectivity index (χ1) is 13.3. The molecule has 0 fully saturated rings. The Morgan fingerprint density at radius 2 is 1.64 bits per heavy atom. The molecule has 0 aliphatic heterocycles. The molecule has 0 atom stereocenters. The van der Waals surface area contributed by atoms with Crippen LogP contribution in [0.5, 0.6) is 5.88 Å². The number of carbonyl (C=O) groups excluding carboxylic acids is 1. The average molecular weight is 459 g/mol. The zero-order chi connectivity index (χ0) is 20.6. The number of methoxy groups -OCH3 is 1. The van der Waals surface area contributed by atoms with Crippen LogP contribution in [0.25, 0.3) is 5.69 Å². The van der Waals surface area contributed by atoms with Crippen molar-refractivity contribution in [1.29, 1.82) is 0 Å². The zero-order valence-electron chi connectivity index (χ0n) is 15.1. The molecule has 0 saturated carbocycles. The Hall–Kier alpha value is -1.92. The number of carbonyl (C=O) groups is 1. The molecule has 0 aliphatic rings. The first kappa shape index (κ1) is 20.8. The van der Waals surface area contributed by atoms with E-state index in [2.05, 4.69) is 5.10 Å². The summed E-state index contributed by atoms with van der Waals surface area (Å²) >= 11 is 25.0. The van der Waals surface area contributed by atoms with Crippen molar-refractivity contribution >= 4 is 58.0 Å². The summed E-state index contributed by atoms with van der Waals surface area (Å²) in [5.74, 6) is 0.224. The van der Waals surface area contributed by atoms with E-state index in [0.717, 1.165) is 0 Å². The maximum Gasteiger partial charge on any atom is 0.246 e. The number of benzene rings is 2. The predicted octanol–water partition coefficient (Wildman–Crippen LogP) is 5.79. The van der Waals surface area contributed by atoms with Crippen LogP contribution < -0.4 is 9.64 Å². The number of anilines is 1. The molecule has 0 aliphatic carbocycles. The summed E-state index contributed by atoms with van der Waals surface area (Å²) in [6.45, 7) is 0. The van der Waals surface area contributed by atoms with Crippen LogP contribution in [0, 0.1) is 0 Å². The molecule has 28 heavy (non-hydrogen) atoms. The van der Waals surface area contributed by atoms with Gasteiger partial charge in [0.1, 0.15) is 17.1 Å². The van der Waals surface area contributed by atoms with Gasteiger partial charge in [-0.2, -0.15) is 0 Å². The number of hydrogen-bond acceptors (Lipinski definition) is 4. The number of halogens is 4. The minimum absolute atomic E-state index is 0.121. The second kappa shape index (κ2) is 8.21. The van der Waals surface area contributed by atoms with Gasteiger partial charge in [0.15, 0.2) is 0 Å². The highest BCUT2D eigenvalue weighted by Crippen LogP contribution is 2.39. The Kier molecular flexibility index (Phi) is 6.10. The predicted molar refractivity (Wildman–Crippen MR) is 114 cm³/mol. The molecule has 2 aromatic carbocycles. The van der Waals surface area contributed by atoms with Crippen molar-refractivity contribution in [3.05, 3.63) is 67.6 Å². The van der Waals surface area contributed by atoms with Gasteiger partial charge in [-0.05, 0) is 24.3 Å². The Labute approximate surface area is 182 Å². The molecule has 9 heteroatoms. The van der Waals surface area contributed by atoms with Gasteiger partial charge in [0.25, 0.3) is 0 Å². The second-order valence-corrected chi connectivity index (χ2v) is 7.70. The maximum absolute atomic E-state index is 13.3. The van der Waals surface area contributed by atoms with Gasteiger partial charge in [0.2, 0.25) is 11.7 Å². The van der Waals surface area contributed by atoms with Crippen molar-refractivity contribution in [3.8, 4) is 11.6 Å². The summed E-state index contributed by atoms with van der Waals surface area (Å²) in [6.07, 6.45) is 0. The maximum atomic E-state index is 13.3. The molecule has 0 saturated heterocycles. The fraction of sp³-hybridized carbons (Fsp3) is 0.158. The first-order valence-corrected chi connectivity index (χ1v) is 9.56. The van der Waals surface area contributed by atoms with E-state index < -0.39 is 0 Å². The lowest BCUT2D eigenvalue weighted by molar-refractivity contribution is 0.103. The molecule has 3 rings (SSSR count). The average Bonchev–Trinajstić information content (AvgIpc) is 3.00. The fourth-order valence-electron chi connectivity index (χ4n) is 2.82. The number of rotatable bonds is 5. The van der Waals surface area contributed by atoms with Gasteiger partial charge in [0, 0.05) is 24.7 Å². The zero-order valence-corrected chi connectivity index (χ0v) is 18.2. The molecule has 5 nitrogen and oxygen atoms in total. The molecule has 1 aromatic heterocycles. The van der Waals surface area contributed by atoms with E-state index in [4.69, 9.17) is 51.1 Å². The Bertz CT molecular complexity index is 1040. The number of nitrogens with zero attached hydrogens (tertiary/aromatic N) is 3. The van der Waals surface area contributed by atoms with Crippen LogP contribution in [-0.2, 0) is 0 Å². The summed E-state index contributed by atoms with van der Waals surface area (Å²) in [5, 5.41) is 5.70. The van der Waals surface area contributed by atoms with Gasteiger partial charge in [-0.3, -0.25) is 4.79 Å². The van der Waals surface area contributed by atoms with Gasteiger partial charge in [-0.25, -0.2) is 4.68 Å². The lowest BCUT2D eigenvalue weighted by atomic mass is 10.0. The summed E-state index contributed by atoms with van der Waals surface area (Å²) < 4.78 is 6.85. The molecule has 0 N–H and O–H groups in total. The summed E-state index contributed by atoms with van der Waals surface area (Å²) in [5.41, 5.74) is 0.953. The highest BCUT2D eigenvalue weighted by atomic mass is 35.5. The molecule has 0 bridgehead atoms. The molecule has 0 radical (unpaired) electrons. The highest BCUT2D eigenvalue weighted by molar-refractivity contribution is 6.40. The van der Waals surface area contributed by atoms with Crippen molar-refractivity contribution in [2.45, 2.75) is 0 Å². The Balaban J connectivity index is 2.32. The van der Waals surface area contributed by atoms with Crippen molar-refractivity contribution in [2.75, 3.05) is 26.1 Å². The lowest BCUT2D eigenvalue weighted by Crippen LogP contribution is -2.18. The van der Waals surface area contributed by atoms with Crippen LogP contribution in [0.15, 0.2) is 36.4 Å². The van der Waals surface area contributed by atoms with Gasteiger partial charge in [0.05, 0.1) is 22.2 Å². The third kappa shape index (κ3) is 3.67. The van der Waals surface area contributed by atoms with E-state index in [-0.39, 0.29) is 27.3 Å². The van der Waals surface area contributed by atoms with E-state index >= 15 is 0 Å². The van der Waals surface area contributed by atoms with Crippen LogP contribution in [0.1, 0.15) is 15.9 Å². The quantitative estimate of drug-likeness (QED) is 0.454. The molecule has 1 heterocycles. The number of ketones is 1. The third-order valence-electron chi connectivity index (χ3n) is 3.98. The molecule has 0 amide bonds. The van der Waals surface area contributed by atoms with Crippen molar-refractivity contribution in [1.82, 2.24) is 9.78 Å². The van der Waals surface area contributed by atoms with E-state index in [9.17, 15) is 4.79 Å². The summed E-state index contributed by atoms with van der Waals surface area (Å²) in [4.78, 5) is 15.0. The number of aromatic nitrogens is 2. The fourth-order valence-corrected chi connectivity index (χ4v) is 4.02. The molecule has 146 valence electrons. The van der Waals surface area contributed by atoms with Crippen LogP contribution in [-0.4, -0.2) is 36.8 Å². The molecule has 0 spiro atoms. The molecule has 0 unspecified atom stereocenters. The summed E-state index contributed by atoms with van der Waals surface area (Å²) in [6, 6.07) is 9.87. The third-order valence-corrected chi connectivity index (χ3v) is 5.11. The lowest BCUT2D eigenvalue weighted by Gasteiger charge is -2.18. The van der Waals surface area contributed by atoms with Gasteiger partial charge < -0.3 is 9.64 Å². The minimum Gasteiger partial charge on any atom is -0.479 e. The molecule has 3 aromatic rings. The Morgan fingerprint density at radius 1 is 1.04 bits per heavy atom. The van der Waals surface area contributed by atoms with Crippen LogP contribution in [0.2, 0.25) is 20.1 Å². The van der Waals surface area contributed by atoms with Crippen LogP contribution in [0.3, 0.4) is 0 Å². The van der Waals surface area contributed by atoms with Gasteiger partial charge >= 0.3 is 0 Å². The van der Waals surface area contributed by atoms with E-state index in [1.54, 1.807) is 55.4 Å². The molecular weight excluding hydrogens is 444 g/mol. The first-order valence-electron chi connectivity index (χ1n) is 8.04. The van der Waals surface area contributed by atoms with Gasteiger partial charge in [-0.1, -0.05) is 58.5 Å². The number of hydrogen-bond donors (Lipinski definition) is 0. The van der Waals surface area contributed by atoms with Crippen molar-refractivity contribution < 1.29 is 9.53 Å². The van der Waals surface area contributed by atoms with Crippen LogP contribution in [0.4, 0.5) is 5.82 Å². The standard InChI is InChI=1S/C19H15Cl4N3O2/c1-25(2)19-15(17(27)11-6-4-5-7-12(11)21)18(28-3)24-26(19)16-13(22)8-10(20)9-14(16)23/h4-9H,1-3H3. The Morgan fingerprint density at radius 3 is 2.18 bits per heavy atom. The highest BCUT2D eigenvalue weighted by Gasteiger charge is 2.30. The smallest absolute Gasteiger partial charge is 0.246 e. The topological polar surface area (TPSA) is 47.4 Å². The number of ether oxygens (including phenoxy) is 1. The van der Waals surface area contributed by atoms with Crippen LogP contribution >= 0.6 is 46.4 Å². The van der Waals surface area contributed by atoms with Gasteiger partial charge in [-0.15, -0.1) is 5.10 Å². The van der Waals surface area contributed by atoms with Crippen molar-refractivity contribution in [3.63, 3.8) is 0 Å². The normalized spacial score (nSPS) is 10.8. The monoisotopic (exact) mass is 457 g/mol. The van der Waals surface area contributed by atoms with E-state index in [0.29, 0.717) is 27.1 Å². The largest absolute Gasteiger partial charge is 0.479 e. The molecular formula is C19H15Cl4N3O2. The SMILES string of the molecule is COc1nn(-c2c(Cl)cc(Cl)cc2Cl)c(N(C)C)c1C(=O)c1ccccc1Cl. The van der Waals surface area contributed by atoms with Crippen molar-refractivity contribution in [2.24, 2.45) is 0 Å². The van der Waals surface area contributed by atoms with E-state index in [1.165, 1.54) is 11.8 Å². The summed E-state index contributed by atoms with van der Waals surface area (Å²) in [7, 11) is 4.97. The second-order valence-electron chi connectivity index (χ2n) is 6.04. The minimum atomic E-state index is -0.335.